The van der Waals surface area contributed by atoms with Gasteiger partial charge in [-0.2, -0.15) is 0 Å². The Morgan fingerprint density at radius 3 is 2.25 bits per heavy atom. The molecule has 0 spiro atoms. The summed E-state index contributed by atoms with van der Waals surface area (Å²) in [5.41, 5.74) is -0.188. The van der Waals surface area contributed by atoms with E-state index in [-0.39, 0.29) is 38.3 Å². The van der Waals surface area contributed by atoms with Gasteiger partial charge in [-0.3, -0.25) is 19.4 Å². The van der Waals surface area contributed by atoms with Gasteiger partial charge in [-0.05, 0) is 69.0 Å². The number of aliphatic hydroxyl groups is 1. The lowest BCUT2D eigenvalue weighted by Crippen LogP contribution is -2.61. The van der Waals surface area contributed by atoms with E-state index in [0.29, 0.717) is 25.1 Å². The van der Waals surface area contributed by atoms with E-state index >= 15 is 0 Å². The van der Waals surface area contributed by atoms with Crippen molar-refractivity contribution in [3.05, 3.63) is 65.7 Å². The Morgan fingerprint density at radius 1 is 0.943 bits per heavy atom. The van der Waals surface area contributed by atoms with Crippen LogP contribution in [0, 0.1) is 17.8 Å². The third-order valence-electron chi connectivity index (χ3n) is 9.33. The summed E-state index contributed by atoms with van der Waals surface area (Å²) in [6.07, 6.45) is 3.37. The second kappa shape index (κ2) is 17.6. The lowest BCUT2D eigenvalue weighted by atomic mass is 9.80. The minimum atomic E-state index is -1.19. The van der Waals surface area contributed by atoms with E-state index in [1.54, 1.807) is 75.4 Å². The zero-order chi connectivity index (χ0) is 38.9. The second-order valence-electron chi connectivity index (χ2n) is 15.0. The summed E-state index contributed by atoms with van der Waals surface area (Å²) < 4.78 is 16.0. The van der Waals surface area contributed by atoms with Crippen molar-refractivity contribution in [3.63, 3.8) is 0 Å². The van der Waals surface area contributed by atoms with Crippen molar-refractivity contribution in [1.82, 2.24) is 25.3 Å². The van der Waals surface area contributed by atoms with Crippen molar-refractivity contribution in [3.8, 4) is 18.1 Å². The van der Waals surface area contributed by atoms with Gasteiger partial charge in [0.2, 0.25) is 11.8 Å². The lowest BCUT2D eigenvalue weighted by Gasteiger charge is -2.42. The molecule has 4 atom stereocenters. The fraction of sp³-hybridized carbons (Fsp3) is 0.513. The number of ether oxygens (including phenoxy) is 3. The van der Waals surface area contributed by atoms with Crippen LogP contribution in [0.25, 0.3) is 0 Å². The first-order chi connectivity index (χ1) is 25.0. The minimum Gasteiger partial charge on any atom is -0.467 e. The number of hydrogen-bond donors (Lipinski definition) is 3. The van der Waals surface area contributed by atoms with Gasteiger partial charge in [0, 0.05) is 44.7 Å². The molecule has 4 amide bonds. The fourth-order valence-corrected chi connectivity index (χ4v) is 6.34. The zero-order valence-corrected chi connectivity index (χ0v) is 31.3. The smallest absolute Gasteiger partial charge is 0.413 e. The molecule has 3 N–H and O–H groups in total. The highest BCUT2D eigenvalue weighted by Gasteiger charge is 2.46. The van der Waals surface area contributed by atoms with Crippen molar-refractivity contribution in [2.45, 2.75) is 83.8 Å². The molecule has 2 aromatic rings. The number of carbonyl (C=O) groups excluding carboxylic acids is 5. The van der Waals surface area contributed by atoms with Gasteiger partial charge >= 0.3 is 18.2 Å². The summed E-state index contributed by atoms with van der Waals surface area (Å²) in [6, 6.07) is 12.4. The third-order valence-corrected chi connectivity index (χ3v) is 9.33. The van der Waals surface area contributed by atoms with E-state index in [1.807, 2.05) is 18.7 Å². The van der Waals surface area contributed by atoms with Crippen LogP contribution in [-0.4, -0.2) is 119 Å². The number of methoxy groups -OCH3 is 1. The summed E-state index contributed by atoms with van der Waals surface area (Å²) in [5.74, 6) is 1.23. The molecule has 2 fully saturated rings. The van der Waals surface area contributed by atoms with E-state index < -0.39 is 65.2 Å². The molecule has 0 radical (unpaired) electrons. The quantitative estimate of drug-likeness (QED) is 0.231. The van der Waals surface area contributed by atoms with Crippen LogP contribution in [0.15, 0.2) is 54.6 Å². The van der Waals surface area contributed by atoms with Gasteiger partial charge in [-0.15, -0.1) is 6.42 Å². The van der Waals surface area contributed by atoms with Crippen molar-refractivity contribution < 1.29 is 43.3 Å². The molecule has 0 unspecified atom stereocenters. The third kappa shape index (κ3) is 11.2. The minimum absolute atomic E-state index is 0.0199. The van der Waals surface area contributed by atoms with Gasteiger partial charge in [0.15, 0.2) is 0 Å². The highest BCUT2D eigenvalue weighted by molar-refractivity contribution is 5.92. The van der Waals surface area contributed by atoms with Crippen LogP contribution in [0.4, 0.5) is 9.59 Å². The number of amides is 4. The molecular weight excluding hydrogens is 682 g/mol. The first-order valence-corrected chi connectivity index (χ1v) is 17.7. The van der Waals surface area contributed by atoms with Gasteiger partial charge < -0.3 is 34.9 Å². The Kier molecular flexibility index (Phi) is 13.5. The van der Waals surface area contributed by atoms with Crippen LogP contribution >= 0.6 is 0 Å². The van der Waals surface area contributed by atoms with Crippen molar-refractivity contribution >= 4 is 30.0 Å². The first kappa shape index (κ1) is 40.6. The Morgan fingerprint density at radius 2 is 1.62 bits per heavy atom. The molecule has 0 bridgehead atoms. The summed E-state index contributed by atoms with van der Waals surface area (Å²) in [5, 5.41) is 16.3. The molecule has 14 heteroatoms. The summed E-state index contributed by atoms with van der Waals surface area (Å²) in [4.78, 5) is 71.6. The van der Waals surface area contributed by atoms with Crippen LogP contribution < -0.4 is 15.4 Å². The maximum absolute atomic E-state index is 14.5. The molecule has 0 saturated carbocycles. The molecule has 14 nitrogen and oxygen atoms in total. The van der Waals surface area contributed by atoms with Gasteiger partial charge in [0.05, 0.1) is 13.2 Å². The van der Waals surface area contributed by atoms with Crippen LogP contribution in [-0.2, 0) is 30.4 Å². The van der Waals surface area contributed by atoms with Crippen LogP contribution in [0.5, 0.6) is 5.75 Å². The SMILES string of the molecule is C#Cc1ccc(CNC(=O)[C@@H]2C[C@@H](O)CN2C(=O)[C@H](NC(=O)Oc2ccccc2)C(C)(C)CCN2CCN(C(=O)OC(C)(C)C)[C@@H](C(=O)OC)C2)cc1. The zero-order valence-electron chi connectivity index (χ0n) is 31.3. The molecule has 2 aromatic carbocycles. The van der Waals surface area contributed by atoms with Gasteiger partial charge in [-0.25, -0.2) is 14.4 Å². The molecule has 53 heavy (non-hydrogen) atoms. The molecule has 0 aliphatic carbocycles. The Labute approximate surface area is 311 Å². The number of piperazine rings is 1. The van der Waals surface area contributed by atoms with Gasteiger partial charge in [0.1, 0.15) is 29.5 Å². The van der Waals surface area contributed by atoms with Crippen LogP contribution in [0.2, 0.25) is 0 Å². The fourth-order valence-electron chi connectivity index (χ4n) is 6.34. The highest BCUT2D eigenvalue weighted by Crippen LogP contribution is 2.31. The predicted octanol–water partition coefficient (Wildman–Crippen LogP) is 2.91. The lowest BCUT2D eigenvalue weighted by molar-refractivity contribution is -0.149. The summed E-state index contributed by atoms with van der Waals surface area (Å²) in [7, 11) is 1.26. The number of likely N-dealkylation sites (tertiary alicyclic amines) is 1. The molecule has 2 heterocycles. The largest absolute Gasteiger partial charge is 0.467 e. The normalized spacial score (nSPS) is 19.8. The molecular formula is C39H51N5O9. The number of para-hydroxylation sites is 1. The number of esters is 1. The Balaban J connectivity index is 1.51. The van der Waals surface area contributed by atoms with E-state index in [9.17, 15) is 29.1 Å². The van der Waals surface area contributed by atoms with Gasteiger partial charge in [-0.1, -0.05) is 50.1 Å². The van der Waals surface area contributed by atoms with E-state index in [1.165, 1.54) is 16.9 Å². The highest BCUT2D eigenvalue weighted by atomic mass is 16.6. The van der Waals surface area contributed by atoms with Crippen molar-refractivity contribution in [2.24, 2.45) is 5.41 Å². The number of benzene rings is 2. The maximum Gasteiger partial charge on any atom is 0.413 e. The summed E-state index contributed by atoms with van der Waals surface area (Å²) in [6.45, 7) is 10.1. The Bertz CT molecular complexity index is 1650. The average molecular weight is 734 g/mol. The van der Waals surface area contributed by atoms with Crippen LogP contribution in [0.3, 0.4) is 0 Å². The second-order valence-corrected chi connectivity index (χ2v) is 15.0. The van der Waals surface area contributed by atoms with E-state index in [4.69, 9.17) is 20.6 Å². The maximum atomic E-state index is 14.5. The topological polar surface area (TPSA) is 167 Å². The average Bonchev–Trinajstić information content (AvgIpc) is 3.52. The number of nitrogens with one attached hydrogen (secondary N) is 2. The number of terminal acetylenes is 1. The monoisotopic (exact) mass is 733 g/mol. The van der Waals surface area contributed by atoms with E-state index in [0.717, 1.165) is 5.56 Å². The number of carbonyl (C=O) groups is 5. The number of rotatable bonds is 11. The summed E-state index contributed by atoms with van der Waals surface area (Å²) >= 11 is 0. The first-order valence-electron chi connectivity index (χ1n) is 17.7. The van der Waals surface area contributed by atoms with E-state index in [2.05, 4.69) is 16.6 Å². The number of β-amino-alcohol motifs (C(OH)–C–C–N with tert-alkyl or cyclic N) is 1. The molecule has 286 valence electrons. The molecule has 2 aliphatic heterocycles. The molecule has 2 aliphatic rings. The standard InChI is InChI=1S/C39H51N5O9/c1-8-26-14-16-27(17-15-26)23-40-33(46)30-22-28(45)24-44(30)34(47)32(41-36(49)52-29-12-10-9-11-13-29)39(5,6)18-19-42-20-21-43(31(25-42)35(48)51-7)37(50)53-38(2,3)4/h1,9-17,28,30-32,45H,18-25H2,2-7H3,(H,40,46)(H,41,49)/t28-,30+,31-,32+/m1/s1. The number of hydrogen-bond acceptors (Lipinski definition) is 10. The molecule has 4 rings (SSSR count). The van der Waals surface area contributed by atoms with Crippen LogP contribution in [0.1, 0.15) is 58.6 Å². The van der Waals surface area contributed by atoms with Crippen molar-refractivity contribution in [1.29, 1.82) is 0 Å². The molecule has 0 aromatic heterocycles. The predicted molar refractivity (Wildman–Crippen MR) is 195 cm³/mol. The number of nitrogens with zero attached hydrogens (tertiary/aromatic N) is 3. The number of aliphatic hydroxyl groups excluding tert-OH is 1. The van der Waals surface area contributed by atoms with Gasteiger partial charge in [0.25, 0.3) is 0 Å². The van der Waals surface area contributed by atoms with Crippen molar-refractivity contribution in [2.75, 3.05) is 39.8 Å². The molecule has 2 saturated heterocycles. The Hall–Kier alpha value is -5.13.